The van der Waals surface area contributed by atoms with Crippen molar-refractivity contribution in [3.63, 3.8) is 0 Å². The van der Waals surface area contributed by atoms with Crippen LogP contribution in [0, 0.1) is 11.8 Å². The molecule has 1 aromatic rings. The van der Waals surface area contributed by atoms with Crippen LogP contribution in [0.25, 0.3) is 0 Å². The Morgan fingerprint density at radius 1 is 1.30 bits per heavy atom. The van der Waals surface area contributed by atoms with Crippen molar-refractivity contribution in [3.8, 4) is 0 Å². The third-order valence-electron chi connectivity index (χ3n) is 4.38. The summed E-state index contributed by atoms with van der Waals surface area (Å²) in [6.45, 7) is 9.38. The molecule has 0 bridgehead atoms. The van der Waals surface area contributed by atoms with Crippen LogP contribution in [0.5, 0.6) is 0 Å². The molecule has 0 saturated carbocycles. The monoisotopic (exact) mass is 318 g/mol. The number of methoxy groups -OCH3 is 1. The minimum Gasteiger partial charge on any atom is -0.380 e. The second-order valence-corrected chi connectivity index (χ2v) is 6.95. The lowest BCUT2D eigenvalue weighted by atomic mass is 9.92. The fourth-order valence-electron chi connectivity index (χ4n) is 3.55. The molecule has 1 fully saturated rings. The number of piperidine rings is 1. The molecule has 0 radical (unpaired) electrons. The molecule has 1 heterocycles. The van der Waals surface area contributed by atoms with Gasteiger partial charge in [-0.3, -0.25) is 4.79 Å². The number of amides is 1. The topological polar surface area (TPSA) is 41.6 Å². The largest absolute Gasteiger partial charge is 0.380 e. The minimum absolute atomic E-state index is 0.00309. The number of likely N-dealkylation sites (tertiary alicyclic amines) is 1. The summed E-state index contributed by atoms with van der Waals surface area (Å²) < 4.78 is 5.11. The van der Waals surface area contributed by atoms with Gasteiger partial charge in [-0.1, -0.05) is 26.0 Å². The average molecular weight is 318 g/mol. The highest BCUT2D eigenvalue weighted by atomic mass is 16.5. The van der Waals surface area contributed by atoms with E-state index in [1.807, 2.05) is 24.3 Å². The maximum Gasteiger partial charge on any atom is 0.251 e. The number of nitrogens with one attached hydrogen (secondary N) is 1. The Kier molecular flexibility index (Phi) is 7.06. The van der Waals surface area contributed by atoms with E-state index in [-0.39, 0.29) is 5.91 Å². The molecule has 128 valence electrons. The number of hydrogen-bond acceptors (Lipinski definition) is 3. The second-order valence-electron chi connectivity index (χ2n) is 6.95. The molecular weight excluding hydrogens is 288 g/mol. The Bertz CT molecular complexity index is 494. The first-order valence-corrected chi connectivity index (χ1v) is 8.67. The van der Waals surface area contributed by atoms with Crippen molar-refractivity contribution >= 4 is 5.91 Å². The van der Waals surface area contributed by atoms with Gasteiger partial charge in [-0.05, 0) is 48.9 Å². The molecule has 1 aliphatic rings. The summed E-state index contributed by atoms with van der Waals surface area (Å²) in [5.74, 6) is 1.58. The van der Waals surface area contributed by atoms with E-state index in [1.165, 1.54) is 19.5 Å². The zero-order valence-electron chi connectivity index (χ0n) is 14.7. The SMILES string of the molecule is COCc1cccc(C(=O)NCCCN2CC(C)CC(C)C2)c1. The van der Waals surface area contributed by atoms with Crippen LogP contribution in [-0.4, -0.2) is 44.1 Å². The van der Waals surface area contributed by atoms with Gasteiger partial charge in [-0.25, -0.2) is 0 Å². The quantitative estimate of drug-likeness (QED) is 0.786. The van der Waals surface area contributed by atoms with Gasteiger partial charge in [0.1, 0.15) is 0 Å². The van der Waals surface area contributed by atoms with Crippen LogP contribution in [0.4, 0.5) is 0 Å². The third kappa shape index (κ3) is 5.96. The highest BCUT2D eigenvalue weighted by molar-refractivity contribution is 5.94. The molecule has 1 amide bonds. The summed E-state index contributed by atoms with van der Waals surface area (Å²) in [6, 6.07) is 7.62. The minimum atomic E-state index is 0.00309. The average Bonchev–Trinajstić information content (AvgIpc) is 2.51. The highest BCUT2D eigenvalue weighted by Gasteiger charge is 2.21. The Labute approximate surface area is 140 Å². The van der Waals surface area contributed by atoms with Crippen LogP contribution in [-0.2, 0) is 11.3 Å². The molecule has 0 spiro atoms. The van der Waals surface area contributed by atoms with Crippen molar-refractivity contribution in [2.45, 2.75) is 33.3 Å². The molecule has 1 aromatic carbocycles. The molecule has 23 heavy (non-hydrogen) atoms. The summed E-state index contributed by atoms with van der Waals surface area (Å²) in [4.78, 5) is 14.7. The highest BCUT2D eigenvalue weighted by Crippen LogP contribution is 2.20. The molecular formula is C19H30N2O2. The van der Waals surface area contributed by atoms with E-state index in [9.17, 15) is 4.79 Å². The van der Waals surface area contributed by atoms with Gasteiger partial charge in [0.15, 0.2) is 0 Å². The standard InChI is InChI=1S/C19H30N2O2/c1-15-10-16(2)13-21(12-15)9-5-8-20-19(22)18-7-4-6-17(11-18)14-23-3/h4,6-7,11,15-16H,5,8-10,12-14H2,1-3H3,(H,20,22). The summed E-state index contributed by atoms with van der Waals surface area (Å²) in [5.41, 5.74) is 1.73. The number of ether oxygens (including phenoxy) is 1. The lowest BCUT2D eigenvalue weighted by Gasteiger charge is -2.34. The lowest BCUT2D eigenvalue weighted by Crippen LogP contribution is -2.40. The van der Waals surface area contributed by atoms with E-state index in [0.717, 1.165) is 36.9 Å². The number of carbonyl (C=O) groups excluding carboxylic acids is 1. The molecule has 2 rings (SSSR count). The van der Waals surface area contributed by atoms with E-state index in [4.69, 9.17) is 4.74 Å². The predicted octanol–water partition coefficient (Wildman–Crippen LogP) is 2.93. The molecule has 1 saturated heterocycles. The van der Waals surface area contributed by atoms with Crippen LogP contribution in [0.1, 0.15) is 42.6 Å². The fraction of sp³-hybridized carbons (Fsp3) is 0.632. The first-order chi connectivity index (χ1) is 11.1. The van der Waals surface area contributed by atoms with E-state index in [0.29, 0.717) is 12.2 Å². The van der Waals surface area contributed by atoms with E-state index in [2.05, 4.69) is 24.1 Å². The number of carbonyl (C=O) groups is 1. The zero-order valence-corrected chi connectivity index (χ0v) is 14.7. The van der Waals surface area contributed by atoms with Gasteiger partial charge >= 0.3 is 0 Å². The number of rotatable bonds is 7. The van der Waals surface area contributed by atoms with Crippen molar-refractivity contribution in [1.29, 1.82) is 0 Å². The van der Waals surface area contributed by atoms with Gasteiger partial charge in [0.05, 0.1) is 6.61 Å². The first kappa shape index (κ1) is 18.0. The van der Waals surface area contributed by atoms with Crippen LogP contribution >= 0.6 is 0 Å². The summed E-state index contributed by atoms with van der Waals surface area (Å²) in [7, 11) is 1.66. The van der Waals surface area contributed by atoms with Crippen molar-refractivity contribution in [2.75, 3.05) is 33.3 Å². The molecule has 2 unspecified atom stereocenters. The normalized spacial score (nSPS) is 22.0. The van der Waals surface area contributed by atoms with Crippen LogP contribution in [0.2, 0.25) is 0 Å². The first-order valence-electron chi connectivity index (χ1n) is 8.67. The molecule has 0 aromatic heterocycles. The fourth-order valence-corrected chi connectivity index (χ4v) is 3.55. The number of nitrogens with zero attached hydrogens (tertiary/aromatic N) is 1. The van der Waals surface area contributed by atoms with Crippen LogP contribution in [0.15, 0.2) is 24.3 Å². The number of benzene rings is 1. The summed E-state index contributed by atoms with van der Waals surface area (Å²) >= 11 is 0. The van der Waals surface area contributed by atoms with Crippen LogP contribution in [0.3, 0.4) is 0 Å². The van der Waals surface area contributed by atoms with Crippen molar-refractivity contribution in [3.05, 3.63) is 35.4 Å². The Morgan fingerprint density at radius 2 is 2.04 bits per heavy atom. The zero-order chi connectivity index (χ0) is 16.7. The maximum atomic E-state index is 12.2. The summed E-state index contributed by atoms with van der Waals surface area (Å²) in [5, 5.41) is 3.02. The van der Waals surface area contributed by atoms with Gasteiger partial charge in [0.25, 0.3) is 5.91 Å². The van der Waals surface area contributed by atoms with Gasteiger partial charge in [-0.15, -0.1) is 0 Å². The molecule has 1 aliphatic heterocycles. The molecule has 2 atom stereocenters. The molecule has 4 heteroatoms. The second kappa shape index (κ2) is 9.04. The predicted molar refractivity (Wildman–Crippen MR) is 93.5 cm³/mol. The Hall–Kier alpha value is -1.39. The van der Waals surface area contributed by atoms with Gasteiger partial charge in [0.2, 0.25) is 0 Å². The smallest absolute Gasteiger partial charge is 0.251 e. The Morgan fingerprint density at radius 3 is 2.74 bits per heavy atom. The molecule has 4 nitrogen and oxygen atoms in total. The van der Waals surface area contributed by atoms with Gasteiger partial charge in [0, 0.05) is 32.3 Å². The Balaban J connectivity index is 1.71. The van der Waals surface area contributed by atoms with E-state index < -0.39 is 0 Å². The molecule has 0 aliphatic carbocycles. The maximum absolute atomic E-state index is 12.2. The van der Waals surface area contributed by atoms with Crippen molar-refractivity contribution in [2.24, 2.45) is 11.8 Å². The van der Waals surface area contributed by atoms with Crippen molar-refractivity contribution in [1.82, 2.24) is 10.2 Å². The lowest BCUT2D eigenvalue weighted by molar-refractivity contribution is 0.0947. The van der Waals surface area contributed by atoms with Crippen LogP contribution < -0.4 is 5.32 Å². The summed E-state index contributed by atoms with van der Waals surface area (Å²) in [6.07, 6.45) is 2.34. The van der Waals surface area contributed by atoms with Crippen molar-refractivity contribution < 1.29 is 9.53 Å². The third-order valence-corrected chi connectivity index (χ3v) is 4.38. The molecule has 1 N–H and O–H groups in total. The van der Waals surface area contributed by atoms with Gasteiger partial charge in [-0.2, -0.15) is 0 Å². The van der Waals surface area contributed by atoms with Gasteiger partial charge < -0.3 is 15.0 Å². The number of hydrogen-bond donors (Lipinski definition) is 1. The van der Waals surface area contributed by atoms with E-state index >= 15 is 0 Å². The van der Waals surface area contributed by atoms with E-state index in [1.54, 1.807) is 7.11 Å².